The maximum absolute atomic E-state index is 13.2. The van der Waals surface area contributed by atoms with Gasteiger partial charge in [0.1, 0.15) is 15.9 Å². The standard InChI is InChI=1S/C26H26N4OS2/c1-2-3-10-15-32-26-21(24(31)28-19-13-8-5-9-14-19)16-20(23(27)30-26)25-29-22(17-33-25)18-11-6-4-7-12-18/h4-9,11-14,16-17H,2-3,10,15H2,1H3,(H2,27,30)(H,28,31). The number of aromatic nitrogens is 2. The number of anilines is 2. The summed E-state index contributed by atoms with van der Waals surface area (Å²) in [6.07, 6.45) is 3.36. The summed E-state index contributed by atoms with van der Waals surface area (Å²) in [6.45, 7) is 2.17. The second kappa shape index (κ2) is 11.1. The van der Waals surface area contributed by atoms with Gasteiger partial charge in [-0.2, -0.15) is 0 Å². The van der Waals surface area contributed by atoms with Gasteiger partial charge < -0.3 is 11.1 Å². The highest BCUT2D eigenvalue weighted by atomic mass is 32.2. The molecule has 1 amide bonds. The Morgan fingerprint density at radius 3 is 2.48 bits per heavy atom. The molecule has 0 aliphatic rings. The van der Waals surface area contributed by atoms with Gasteiger partial charge in [-0.1, -0.05) is 68.3 Å². The Kier molecular flexibility index (Phi) is 7.75. The summed E-state index contributed by atoms with van der Waals surface area (Å²) in [7, 11) is 0. The number of thiazole rings is 1. The molecule has 2 heterocycles. The normalized spacial score (nSPS) is 10.8. The first-order valence-electron chi connectivity index (χ1n) is 11.0. The van der Waals surface area contributed by atoms with Crippen molar-refractivity contribution >= 4 is 40.5 Å². The van der Waals surface area contributed by atoms with E-state index >= 15 is 0 Å². The van der Waals surface area contributed by atoms with Gasteiger partial charge in [-0.3, -0.25) is 4.79 Å². The molecule has 0 fully saturated rings. The fourth-order valence-corrected chi connectivity index (χ4v) is 5.20. The maximum atomic E-state index is 13.2. The van der Waals surface area contributed by atoms with Crippen LogP contribution in [0.3, 0.4) is 0 Å². The second-order valence-electron chi connectivity index (χ2n) is 7.55. The third-order valence-corrected chi connectivity index (χ3v) is 7.04. The Hall–Kier alpha value is -3.16. The van der Waals surface area contributed by atoms with E-state index < -0.39 is 0 Å². The number of para-hydroxylation sites is 1. The quantitative estimate of drug-likeness (QED) is 0.202. The van der Waals surface area contributed by atoms with Crippen molar-refractivity contribution in [2.24, 2.45) is 0 Å². The summed E-state index contributed by atoms with van der Waals surface area (Å²) in [5, 5.41) is 6.38. The molecule has 7 heteroatoms. The number of hydrogen-bond acceptors (Lipinski definition) is 6. The molecular weight excluding hydrogens is 448 g/mol. The van der Waals surface area contributed by atoms with E-state index in [2.05, 4.69) is 17.2 Å². The van der Waals surface area contributed by atoms with Crippen LogP contribution in [0.4, 0.5) is 11.5 Å². The van der Waals surface area contributed by atoms with Crippen molar-refractivity contribution in [3.8, 4) is 21.8 Å². The molecule has 0 aliphatic carbocycles. The lowest BCUT2D eigenvalue weighted by atomic mass is 10.1. The summed E-state index contributed by atoms with van der Waals surface area (Å²) < 4.78 is 0. The van der Waals surface area contributed by atoms with Crippen LogP contribution in [-0.2, 0) is 0 Å². The van der Waals surface area contributed by atoms with Gasteiger partial charge in [0.05, 0.1) is 16.8 Å². The molecule has 33 heavy (non-hydrogen) atoms. The molecule has 0 saturated carbocycles. The highest BCUT2D eigenvalue weighted by Gasteiger charge is 2.20. The van der Waals surface area contributed by atoms with Crippen LogP contribution < -0.4 is 11.1 Å². The number of thioether (sulfide) groups is 1. The number of carbonyl (C=O) groups excluding carboxylic acids is 1. The van der Waals surface area contributed by atoms with E-state index in [1.165, 1.54) is 11.3 Å². The van der Waals surface area contributed by atoms with Gasteiger partial charge >= 0.3 is 0 Å². The topological polar surface area (TPSA) is 80.9 Å². The number of unbranched alkanes of at least 4 members (excludes halogenated alkanes) is 2. The molecule has 0 atom stereocenters. The van der Waals surface area contributed by atoms with Gasteiger partial charge in [-0.05, 0) is 30.4 Å². The smallest absolute Gasteiger partial charge is 0.258 e. The number of carbonyl (C=O) groups is 1. The van der Waals surface area contributed by atoms with E-state index in [1.807, 2.05) is 72.1 Å². The van der Waals surface area contributed by atoms with Gasteiger partial charge in [0.25, 0.3) is 5.91 Å². The van der Waals surface area contributed by atoms with Crippen LogP contribution in [0.2, 0.25) is 0 Å². The zero-order chi connectivity index (χ0) is 23.0. The molecule has 0 unspecified atom stereocenters. The van der Waals surface area contributed by atoms with Crippen molar-refractivity contribution in [1.29, 1.82) is 0 Å². The molecule has 0 aliphatic heterocycles. The monoisotopic (exact) mass is 474 g/mol. The van der Waals surface area contributed by atoms with E-state index in [9.17, 15) is 4.79 Å². The van der Waals surface area contributed by atoms with E-state index in [0.717, 1.165) is 47.0 Å². The Morgan fingerprint density at radius 1 is 1.03 bits per heavy atom. The fraction of sp³-hybridized carbons (Fsp3) is 0.192. The van der Waals surface area contributed by atoms with Crippen molar-refractivity contribution < 1.29 is 4.79 Å². The Bertz CT molecular complexity index is 1210. The SMILES string of the molecule is CCCCCSc1nc(N)c(-c2nc(-c3ccccc3)cs2)cc1C(=O)Nc1ccccc1. The molecule has 2 aromatic heterocycles. The molecule has 0 radical (unpaired) electrons. The Morgan fingerprint density at radius 2 is 1.76 bits per heavy atom. The molecule has 0 spiro atoms. The number of nitrogens with zero attached hydrogens (tertiary/aromatic N) is 2. The first-order valence-corrected chi connectivity index (χ1v) is 12.8. The molecular formula is C26H26N4OS2. The van der Waals surface area contributed by atoms with Gasteiger partial charge in [0, 0.05) is 16.6 Å². The zero-order valence-corrected chi connectivity index (χ0v) is 20.1. The number of benzene rings is 2. The molecule has 5 nitrogen and oxygen atoms in total. The minimum atomic E-state index is -0.201. The minimum absolute atomic E-state index is 0.201. The number of nitrogen functional groups attached to an aromatic ring is 1. The van der Waals surface area contributed by atoms with E-state index in [-0.39, 0.29) is 5.91 Å². The van der Waals surface area contributed by atoms with Gasteiger partial charge in [-0.25, -0.2) is 9.97 Å². The number of nitrogens with one attached hydrogen (secondary N) is 1. The minimum Gasteiger partial charge on any atom is -0.383 e. The molecule has 0 saturated heterocycles. The van der Waals surface area contributed by atoms with Crippen molar-refractivity contribution in [2.45, 2.75) is 31.2 Å². The largest absolute Gasteiger partial charge is 0.383 e. The average molecular weight is 475 g/mol. The maximum Gasteiger partial charge on any atom is 0.258 e. The zero-order valence-electron chi connectivity index (χ0n) is 18.5. The van der Waals surface area contributed by atoms with Gasteiger partial charge in [0.2, 0.25) is 0 Å². The van der Waals surface area contributed by atoms with Crippen molar-refractivity contribution in [1.82, 2.24) is 9.97 Å². The van der Waals surface area contributed by atoms with Crippen LogP contribution >= 0.6 is 23.1 Å². The third-order valence-electron chi connectivity index (χ3n) is 5.08. The lowest BCUT2D eigenvalue weighted by molar-refractivity contribution is 0.102. The Labute approximate surface area is 202 Å². The van der Waals surface area contributed by atoms with Crippen LogP contribution in [0.25, 0.3) is 21.8 Å². The summed E-state index contributed by atoms with van der Waals surface area (Å²) in [5.74, 6) is 1.08. The van der Waals surface area contributed by atoms with Crippen molar-refractivity contribution in [3.05, 3.63) is 77.7 Å². The van der Waals surface area contributed by atoms with Crippen LogP contribution in [0, 0.1) is 0 Å². The highest BCUT2D eigenvalue weighted by Crippen LogP contribution is 2.35. The fourth-order valence-electron chi connectivity index (χ4n) is 3.33. The van der Waals surface area contributed by atoms with Crippen molar-refractivity contribution in [2.75, 3.05) is 16.8 Å². The van der Waals surface area contributed by atoms with Crippen LogP contribution in [0.1, 0.15) is 36.5 Å². The molecule has 3 N–H and O–H groups in total. The average Bonchev–Trinajstić information content (AvgIpc) is 3.33. The molecule has 2 aromatic carbocycles. The number of amides is 1. The lowest BCUT2D eigenvalue weighted by Crippen LogP contribution is -2.15. The van der Waals surface area contributed by atoms with E-state index in [1.54, 1.807) is 11.8 Å². The second-order valence-corrected chi connectivity index (χ2v) is 9.50. The predicted molar refractivity (Wildman–Crippen MR) is 140 cm³/mol. The number of hydrogen-bond donors (Lipinski definition) is 2. The van der Waals surface area contributed by atoms with Gasteiger partial charge in [-0.15, -0.1) is 23.1 Å². The first-order chi connectivity index (χ1) is 16.2. The van der Waals surface area contributed by atoms with E-state index in [0.29, 0.717) is 22.0 Å². The van der Waals surface area contributed by atoms with Gasteiger partial charge in [0.15, 0.2) is 0 Å². The van der Waals surface area contributed by atoms with Crippen LogP contribution in [-0.4, -0.2) is 21.6 Å². The predicted octanol–water partition coefficient (Wildman–Crippen LogP) is 6.99. The van der Waals surface area contributed by atoms with Crippen LogP contribution in [0.5, 0.6) is 0 Å². The molecule has 0 bridgehead atoms. The number of pyridine rings is 1. The summed E-state index contributed by atoms with van der Waals surface area (Å²) >= 11 is 3.07. The summed E-state index contributed by atoms with van der Waals surface area (Å²) in [5.41, 5.74) is 10.2. The highest BCUT2D eigenvalue weighted by molar-refractivity contribution is 7.99. The first kappa shape index (κ1) is 23.0. The van der Waals surface area contributed by atoms with Crippen molar-refractivity contribution in [3.63, 3.8) is 0 Å². The lowest BCUT2D eigenvalue weighted by Gasteiger charge is -2.12. The number of nitrogens with two attached hydrogens (primary N) is 1. The molecule has 4 aromatic rings. The summed E-state index contributed by atoms with van der Waals surface area (Å²) in [6, 6.07) is 21.3. The van der Waals surface area contributed by atoms with Crippen LogP contribution in [0.15, 0.2) is 77.1 Å². The number of rotatable bonds is 9. The van der Waals surface area contributed by atoms with E-state index in [4.69, 9.17) is 10.7 Å². The summed E-state index contributed by atoms with van der Waals surface area (Å²) in [4.78, 5) is 22.6. The molecule has 4 rings (SSSR count). The molecule has 168 valence electrons. The Balaban J connectivity index is 1.67. The third kappa shape index (κ3) is 5.80.